The van der Waals surface area contributed by atoms with E-state index in [4.69, 9.17) is 0 Å². The standard InChI is InChI=1S/C19H18O3/c1-14-11-16(20)13-18(22)19(14)17(21)12-15-9-7-5-3-2-4-6-8-10-15/h2-11,13,20,22H,12H2,1H3. The molecule has 3 nitrogen and oxygen atoms in total. The van der Waals surface area contributed by atoms with E-state index < -0.39 is 0 Å². The topological polar surface area (TPSA) is 57.5 Å². The molecule has 0 aliphatic heterocycles. The average Bonchev–Trinajstić information content (AvgIpc) is 2.44. The first-order valence-corrected chi connectivity index (χ1v) is 7.01. The Labute approximate surface area is 129 Å². The molecule has 0 bridgehead atoms. The summed E-state index contributed by atoms with van der Waals surface area (Å²) in [6, 6.07) is 19.6. The van der Waals surface area contributed by atoms with E-state index in [2.05, 4.69) is 0 Å². The number of hydrogen-bond acceptors (Lipinski definition) is 3. The number of phenolic OH excluding ortho intramolecular Hbond substituents is 2. The van der Waals surface area contributed by atoms with Gasteiger partial charge in [-0.3, -0.25) is 4.79 Å². The molecule has 0 heterocycles. The van der Waals surface area contributed by atoms with Crippen LogP contribution in [0.5, 0.6) is 11.5 Å². The molecule has 2 N–H and O–H groups in total. The van der Waals surface area contributed by atoms with Gasteiger partial charge >= 0.3 is 0 Å². The van der Waals surface area contributed by atoms with Crippen LogP contribution >= 0.6 is 0 Å². The fourth-order valence-electron chi connectivity index (χ4n) is 2.24. The molecule has 2 rings (SSSR count). The van der Waals surface area contributed by atoms with E-state index in [0.717, 1.165) is 5.56 Å². The quantitative estimate of drug-likeness (QED) is 0.843. The zero-order valence-corrected chi connectivity index (χ0v) is 12.4. The minimum absolute atomic E-state index is 0.0517. The van der Waals surface area contributed by atoms with Crippen LogP contribution in [0.1, 0.15) is 21.5 Å². The normalized spacial score (nSPS) is 9.86. The Morgan fingerprint density at radius 2 is 1.45 bits per heavy atom. The van der Waals surface area contributed by atoms with Gasteiger partial charge < -0.3 is 10.2 Å². The van der Waals surface area contributed by atoms with Gasteiger partial charge in [0.25, 0.3) is 0 Å². The number of carbonyl (C=O) groups is 1. The number of benzene rings is 1. The summed E-state index contributed by atoms with van der Waals surface area (Å²) in [7, 11) is 0. The van der Waals surface area contributed by atoms with Crippen molar-refractivity contribution >= 4 is 5.78 Å². The van der Waals surface area contributed by atoms with Crippen molar-refractivity contribution in [3.63, 3.8) is 0 Å². The Morgan fingerprint density at radius 1 is 0.909 bits per heavy atom. The lowest BCUT2D eigenvalue weighted by Crippen LogP contribution is -2.05. The maximum absolute atomic E-state index is 12.4. The van der Waals surface area contributed by atoms with Crippen LogP contribution in [0.4, 0.5) is 0 Å². The largest absolute Gasteiger partial charge is 0.508 e. The van der Waals surface area contributed by atoms with E-state index in [1.54, 1.807) is 6.92 Å². The smallest absolute Gasteiger partial charge is 0.171 e. The molecule has 0 radical (unpaired) electrons. The molecule has 0 amide bonds. The van der Waals surface area contributed by atoms with Gasteiger partial charge in [0.15, 0.2) is 5.78 Å². The van der Waals surface area contributed by atoms with Crippen LogP contribution in [0.15, 0.2) is 66.7 Å². The SMILES string of the molecule is Cc1cc(O)cc(O)c1C(=O)Cc1ccccccccc1. The molecule has 0 aromatic heterocycles. The molecule has 0 fully saturated rings. The van der Waals surface area contributed by atoms with Crippen LogP contribution < -0.4 is 0 Å². The first kappa shape index (κ1) is 15.6. The summed E-state index contributed by atoms with van der Waals surface area (Å²) in [6.07, 6.45) is 0.178. The Kier molecular flexibility index (Phi) is 5.15. The summed E-state index contributed by atoms with van der Waals surface area (Å²) in [5, 5.41) is 19.3. The fraction of sp³-hybridized carbons (Fsp3) is 0.105. The fourth-order valence-corrected chi connectivity index (χ4v) is 2.24. The Balaban J connectivity index is 2.34. The van der Waals surface area contributed by atoms with Crippen LogP contribution in [-0.4, -0.2) is 16.0 Å². The van der Waals surface area contributed by atoms with Gasteiger partial charge in [-0.25, -0.2) is 0 Å². The third-order valence-corrected chi connectivity index (χ3v) is 3.23. The van der Waals surface area contributed by atoms with Gasteiger partial charge in [0, 0.05) is 12.5 Å². The number of phenols is 2. The summed E-state index contributed by atoms with van der Waals surface area (Å²) < 4.78 is 0. The summed E-state index contributed by atoms with van der Waals surface area (Å²) in [5.74, 6) is -0.426. The second-order valence-electron chi connectivity index (χ2n) is 5.01. The molecule has 112 valence electrons. The second kappa shape index (κ2) is 7.27. The highest BCUT2D eigenvalue weighted by Crippen LogP contribution is 2.27. The molecule has 22 heavy (non-hydrogen) atoms. The van der Waals surface area contributed by atoms with Gasteiger partial charge in [-0.05, 0) is 24.1 Å². The first-order chi connectivity index (χ1) is 10.6. The van der Waals surface area contributed by atoms with Crippen molar-refractivity contribution in [3.05, 3.63) is 83.4 Å². The summed E-state index contributed by atoms with van der Waals surface area (Å²) in [4.78, 5) is 12.4. The molecule has 3 heteroatoms. The lowest BCUT2D eigenvalue weighted by atomic mass is 9.98. The van der Waals surface area contributed by atoms with E-state index >= 15 is 0 Å². The molecular formula is C19H18O3. The van der Waals surface area contributed by atoms with Crippen LogP contribution in [0.2, 0.25) is 0 Å². The van der Waals surface area contributed by atoms with Gasteiger partial charge in [-0.2, -0.15) is 0 Å². The summed E-state index contributed by atoms with van der Waals surface area (Å²) >= 11 is 0. The minimum Gasteiger partial charge on any atom is -0.508 e. The van der Waals surface area contributed by atoms with Crippen molar-refractivity contribution < 1.29 is 15.0 Å². The Bertz CT molecular complexity index is 686. The number of Topliss-reactive ketones (excluding diaryl/α,β-unsaturated/α-hetero) is 1. The van der Waals surface area contributed by atoms with Gasteiger partial charge in [0.2, 0.25) is 0 Å². The molecule has 2 aromatic rings. The van der Waals surface area contributed by atoms with Gasteiger partial charge in [0.05, 0.1) is 5.56 Å². The van der Waals surface area contributed by atoms with Crippen LogP contribution in [0.3, 0.4) is 0 Å². The lowest BCUT2D eigenvalue weighted by molar-refractivity contribution is 0.0990. The first-order valence-electron chi connectivity index (χ1n) is 7.01. The number of carbonyl (C=O) groups excluding carboxylic acids is 1. The highest BCUT2D eigenvalue weighted by molar-refractivity contribution is 6.01. The second-order valence-corrected chi connectivity index (χ2v) is 5.01. The zero-order valence-electron chi connectivity index (χ0n) is 12.4. The monoisotopic (exact) mass is 294 g/mol. The minimum atomic E-state index is -0.190. The highest BCUT2D eigenvalue weighted by Gasteiger charge is 2.15. The van der Waals surface area contributed by atoms with Crippen molar-refractivity contribution in [2.24, 2.45) is 0 Å². The van der Waals surface area contributed by atoms with Crippen LogP contribution in [-0.2, 0) is 6.42 Å². The molecule has 0 saturated carbocycles. The maximum Gasteiger partial charge on any atom is 0.171 e. The number of ketones is 1. The highest BCUT2D eigenvalue weighted by atomic mass is 16.3. The molecule has 0 atom stereocenters. The Hall–Kier alpha value is -2.81. The average molecular weight is 294 g/mol. The van der Waals surface area contributed by atoms with Crippen LogP contribution in [0.25, 0.3) is 0 Å². The van der Waals surface area contributed by atoms with Crippen molar-refractivity contribution in [1.82, 2.24) is 0 Å². The van der Waals surface area contributed by atoms with E-state index in [0.29, 0.717) is 5.56 Å². The third kappa shape index (κ3) is 4.09. The van der Waals surface area contributed by atoms with Crippen molar-refractivity contribution in [3.8, 4) is 11.5 Å². The number of hydrogen-bond donors (Lipinski definition) is 2. The molecule has 0 spiro atoms. The predicted octanol–water partition coefficient (Wildman–Crippen LogP) is 3.96. The molecule has 0 aliphatic carbocycles. The van der Waals surface area contributed by atoms with Gasteiger partial charge in [0.1, 0.15) is 11.5 Å². The zero-order chi connectivity index (χ0) is 15.9. The predicted molar refractivity (Wildman–Crippen MR) is 86.6 cm³/mol. The van der Waals surface area contributed by atoms with E-state index in [1.165, 1.54) is 12.1 Å². The summed E-state index contributed by atoms with van der Waals surface area (Å²) in [6.45, 7) is 1.69. The van der Waals surface area contributed by atoms with Crippen LogP contribution in [0, 0.1) is 6.92 Å². The number of aromatic hydroxyl groups is 2. The Morgan fingerprint density at radius 3 is 2.00 bits per heavy atom. The van der Waals surface area contributed by atoms with Crippen molar-refractivity contribution in [2.45, 2.75) is 13.3 Å². The number of aryl methyl sites for hydroxylation is 1. The molecule has 0 aliphatic rings. The van der Waals surface area contributed by atoms with E-state index in [9.17, 15) is 15.0 Å². The van der Waals surface area contributed by atoms with E-state index in [-0.39, 0.29) is 29.3 Å². The third-order valence-electron chi connectivity index (χ3n) is 3.23. The molecular weight excluding hydrogens is 276 g/mol. The molecule has 2 aromatic carbocycles. The molecule has 0 saturated heterocycles. The van der Waals surface area contributed by atoms with E-state index in [1.807, 2.05) is 54.6 Å². The van der Waals surface area contributed by atoms with Gasteiger partial charge in [-0.1, -0.05) is 54.6 Å². The van der Waals surface area contributed by atoms with Gasteiger partial charge in [-0.15, -0.1) is 0 Å². The van der Waals surface area contributed by atoms with Crippen molar-refractivity contribution in [1.29, 1.82) is 0 Å². The van der Waals surface area contributed by atoms with Crippen molar-refractivity contribution in [2.75, 3.05) is 0 Å². The lowest BCUT2D eigenvalue weighted by Gasteiger charge is -2.08. The number of rotatable bonds is 3. The summed E-state index contributed by atoms with van der Waals surface area (Å²) in [5.41, 5.74) is 1.65. The maximum atomic E-state index is 12.4. The molecule has 0 unspecified atom stereocenters.